The van der Waals surface area contributed by atoms with Gasteiger partial charge in [0.2, 0.25) is 6.41 Å². The molecular formula is C24H26N2O8. The first kappa shape index (κ1) is 24.7. The number of benzene rings is 2. The lowest BCUT2D eigenvalue weighted by molar-refractivity contribution is -0.159. The highest BCUT2D eigenvalue weighted by Gasteiger charge is 2.41. The van der Waals surface area contributed by atoms with Gasteiger partial charge in [0.25, 0.3) is 5.91 Å². The number of para-hydroxylation sites is 1. The Morgan fingerprint density at radius 3 is 2.35 bits per heavy atom. The number of esters is 2. The minimum Gasteiger partial charge on any atom is -0.505 e. The molecule has 180 valence electrons. The van der Waals surface area contributed by atoms with E-state index in [1.54, 1.807) is 24.3 Å². The second-order valence-electron chi connectivity index (χ2n) is 7.99. The van der Waals surface area contributed by atoms with Gasteiger partial charge in [0.05, 0.1) is 17.2 Å². The van der Waals surface area contributed by atoms with E-state index in [9.17, 15) is 29.4 Å². The Morgan fingerprint density at radius 1 is 1.00 bits per heavy atom. The maximum atomic E-state index is 12.9. The van der Waals surface area contributed by atoms with Gasteiger partial charge < -0.3 is 30.3 Å². The highest BCUT2D eigenvalue weighted by atomic mass is 16.6. The number of anilines is 1. The Hall–Kier alpha value is -3.92. The Labute approximate surface area is 195 Å². The molecule has 0 saturated carbocycles. The summed E-state index contributed by atoms with van der Waals surface area (Å²) in [6.45, 7) is 2.86. The fourth-order valence-electron chi connectivity index (χ4n) is 3.70. The standard InChI is InChI=1S/C24H26N2O8/c1-13-19(26-22(30)16-9-6-10-18(21(16)29)25-12-27)24(32)34-14(2)20(28)17(23(31)33-13)11-15-7-4-3-5-8-15/h3-10,12-14,17,19-20,28-29H,11H2,1-2H3,(H,25,27)(H,26,30). The summed E-state index contributed by atoms with van der Waals surface area (Å²) in [7, 11) is 0. The Balaban J connectivity index is 1.83. The third-order valence-electron chi connectivity index (χ3n) is 5.60. The number of hydrogen-bond donors (Lipinski definition) is 4. The van der Waals surface area contributed by atoms with Crippen LogP contribution in [0.1, 0.15) is 29.8 Å². The van der Waals surface area contributed by atoms with Crippen molar-refractivity contribution in [1.29, 1.82) is 0 Å². The number of aromatic hydroxyl groups is 1. The van der Waals surface area contributed by atoms with Crippen molar-refractivity contribution in [2.24, 2.45) is 5.92 Å². The highest BCUT2D eigenvalue weighted by molar-refractivity contribution is 6.01. The van der Waals surface area contributed by atoms with E-state index in [1.165, 1.54) is 32.0 Å². The number of aliphatic hydroxyl groups is 1. The zero-order valence-corrected chi connectivity index (χ0v) is 18.6. The summed E-state index contributed by atoms with van der Waals surface area (Å²) in [5, 5.41) is 25.7. The van der Waals surface area contributed by atoms with Gasteiger partial charge >= 0.3 is 11.9 Å². The first-order valence-corrected chi connectivity index (χ1v) is 10.7. The second-order valence-corrected chi connectivity index (χ2v) is 7.99. The van der Waals surface area contributed by atoms with Gasteiger partial charge in [0.1, 0.15) is 18.3 Å². The maximum Gasteiger partial charge on any atom is 0.332 e. The number of amides is 2. The summed E-state index contributed by atoms with van der Waals surface area (Å²) in [6, 6.07) is 11.7. The number of hydrogen-bond acceptors (Lipinski definition) is 8. The molecule has 1 aliphatic heterocycles. The van der Waals surface area contributed by atoms with Crippen molar-refractivity contribution in [2.45, 2.75) is 44.6 Å². The molecule has 2 aromatic rings. The molecule has 5 unspecified atom stereocenters. The highest BCUT2D eigenvalue weighted by Crippen LogP contribution is 2.27. The number of phenols is 1. The van der Waals surface area contributed by atoms with E-state index in [2.05, 4.69) is 10.6 Å². The topological polar surface area (TPSA) is 151 Å². The van der Waals surface area contributed by atoms with Crippen LogP contribution >= 0.6 is 0 Å². The normalized spacial score (nSPS) is 25.1. The molecule has 2 amide bonds. The Kier molecular flexibility index (Phi) is 7.85. The molecule has 2 aromatic carbocycles. The lowest BCUT2D eigenvalue weighted by atomic mass is 9.91. The first-order chi connectivity index (χ1) is 16.2. The molecule has 5 atom stereocenters. The van der Waals surface area contributed by atoms with Crippen LogP contribution in [0.2, 0.25) is 0 Å². The van der Waals surface area contributed by atoms with Gasteiger partial charge in [-0.1, -0.05) is 36.4 Å². The zero-order chi connectivity index (χ0) is 24.8. The summed E-state index contributed by atoms with van der Waals surface area (Å²) in [5.41, 5.74) is 0.575. The van der Waals surface area contributed by atoms with Crippen molar-refractivity contribution in [3.05, 3.63) is 59.7 Å². The number of carbonyl (C=O) groups excluding carboxylic acids is 4. The van der Waals surface area contributed by atoms with Crippen molar-refractivity contribution in [3.63, 3.8) is 0 Å². The first-order valence-electron chi connectivity index (χ1n) is 10.7. The summed E-state index contributed by atoms with van der Waals surface area (Å²) < 4.78 is 10.8. The molecular weight excluding hydrogens is 444 g/mol. The van der Waals surface area contributed by atoms with E-state index >= 15 is 0 Å². The zero-order valence-electron chi connectivity index (χ0n) is 18.6. The van der Waals surface area contributed by atoms with Gasteiger partial charge in [-0.15, -0.1) is 0 Å². The summed E-state index contributed by atoms with van der Waals surface area (Å²) >= 11 is 0. The third-order valence-corrected chi connectivity index (χ3v) is 5.60. The van der Waals surface area contributed by atoms with Crippen molar-refractivity contribution < 1.29 is 38.9 Å². The van der Waals surface area contributed by atoms with Gasteiger partial charge in [-0.05, 0) is 38.0 Å². The monoisotopic (exact) mass is 470 g/mol. The van der Waals surface area contributed by atoms with Crippen LogP contribution in [0.25, 0.3) is 0 Å². The quantitative estimate of drug-likeness (QED) is 0.279. The molecule has 1 saturated heterocycles. The molecule has 0 aromatic heterocycles. The van der Waals surface area contributed by atoms with Crippen molar-refractivity contribution >= 4 is 29.9 Å². The largest absolute Gasteiger partial charge is 0.505 e. The Bertz CT molecular complexity index is 1060. The SMILES string of the molecule is CC1OC(=O)C(Cc2ccccc2)C(O)C(C)OC(=O)C1NC(=O)c1cccc(NC=O)c1O. The number of carbonyl (C=O) groups is 4. The van der Waals surface area contributed by atoms with Crippen LogP contribution in [0.4, 0.5) is 5.69 Å². The smallest absolute Gasteiger partial charge is 0.332 e. The predicted molar refractivity (Wildman–Crippen MR) is 120 cm³/mol. The van der Waals surface area contributed by atoms with E-state index in [1.807, 2.05) is 6.07 Å². The summed E-state index contributed by atoms with van der Waals surface area (Å²) in [4.78, 5) is 49.2. The van der Waals surface area contributed by atoms with E-state index in [0.29, 0.717) is 6.41 Å². The van der Waals surface area contributed by atoms with Gasteiger partial charge in [0, 0.05) is 0 Å². The number of cyclic esters (lactones) is 2. The minimum absolute atomic E-state index is 0.000308. The lowest BCUT2D eigenvalue weighted by Gasteiger charge is -2.25. The van der Waals surface area contributed by atoms with Gasteiger partial charge in [0.15, 0.2) is 11.8 Å². The molecule has 1 heterocycles. The Morgan fingerprint density at radius 2 is 1.68 bits per heavy atom. The molecule has 3 rings (SSSR count). The third kappa shape index (κ3) is 5.52. The minimum atomic E-state index is -1.41. The number of rotatable bonds is 6. The van der Waals surface area contributed by atoms with E-state index in [0.717, 1.165) is 5.56 Å². The van der Waals surface area contributed by atoms with Crippen LogP contribution in [0, 0.1) is 5.92 Å². The van der Waals surface area contributed by atoms with Crippen molar-refractivity contribution in [3.8, 4) is 5.75 Å². The second kappa shape index (κ2) is 10.8. The number of aliphatic hydroxyl groups excluding tert-OH is 1. The molecule has 0 aliphatic carbocycles. The van der Waals surface area contributed by atoms with Gasteiger partial charge in [-0.2, -0.15) is 0 Å². The van der Waals surface area contributed by atoms with Crippen molar-refractivity contribution in [2.75, 3.05) is 5.32 Å². The number of nitrogens with one attached hydrogen (secondary N) is 2. The molecule has 0 spiro atoms. The summed E-state index contributed by atoms with van der Waals surface area (Å²) in [5.74, 6) is -4.02. The van der Waals surface area contributed by atoms with Gasteiger partial charge in [-0.3, -0.25) is 14.4 Å². The molecule has 1 aliphatic rings. The fraction of sp³-hybridized carbons (Fsp3) is 0.333. The molecule has 0 radical (unpaired) electrons. The molecule has 10 nitrogen and oxygen atoms in total. The van der Waals surface area contributed by atoms with Crippen LogP contribution in [-0.2, 0) is 30.3 Å². The van der Waals surface area contributed by atoms with E-state index in [4.69, 9.17) is 9.47 Å². The molecule has 10 heteroatoms. The summed E-state index contributed by atoms with van der Waals surface area (Å²) in [6.07, 6.45) is -3.04. The van der Waals surface area contributed by atoms with E-state index in [-0.39, 0.29) is 17.7 Å². The van der Waals surface area contributed by atoms with E-state index < -0.39 is 53.9 Å². The van der Waals surface area contributed by atoms with Crippen LogP contribution in [0.15, 0.2) is 48.5 Å². The van der Waals surface area contributed by atoms with Gasteiger partial charge in [-0.25, -0.2) is 4.79 Å². The van der Waals surface area contributed by atoms with Crippen LogP contribution in [-0.4, -0.2) is 58.8 Å². The molecule has 34 heavy (non-hydrogen) atoms. The van der Waals surface area contributed by atoms with Crippen LogP contribution in [0.5, 0.6) is 5.75 Å². The van der Waals surface area contributed by atoms with Crippen LogP contribution < -0.4 is 10.6 Å². The van der Waals surface area contributed by atoms with Crippen LogP contribution in [0.3, 0.4) is 0 Å². The molecule has 0 bridgehead atoms. The lowest BCUT2D eigenvalue weighted by Crippen LogP contribution is -2.50. The average molecular weight is 470 g/mol. The fourth-order valence-corrected chi connectivity index (χ4v) is 3.70. The molecule has 4 N–H and O–H groups in total. The predicted octanol–water partition coefficient (Wildman–Crippen LogP) is 1.16. The molecule has 1 fully saturated rings. The number of phenolic OH excluding ortho intramolecular Hbond substituents is 1. The average Bonchev–Trinajstić information content (AvgIpc) is 2.83. The number of ether oxygens (including phenoxy) is 2. The van der Waals surface area contributed by atoms with Crippen molar-refractivity contribution in [1.82, 2.24) is 5.32 Å². The maximum absolute atomic E-state index is 12.9.